The molecule has 1 fully saturated rings. The van der Waals surface area contributed by atoms with Crippen LogP contribution in [-0.2, 0) is 6.54 Å². The average molecular weight is 313 g/mol. The maximum atomic E-state index is 14.1. The van der Waals surface area contributed by atoms with E-state index in [0.29, 0.717) is 29.6 Å². The van der Waals surface area contributed by atoms with Crippen LogP contribution < -0.4 is 5.32 Å². The van der Waals surface area contributed by atoms with Gasteiger partial charge in [0.05, 0.1) is 0 Å². The molecule has 0 radical (unpaired) electrons. The van der Waals surface area contributed by atoms with E-state index in [1.54, 1.807) is 6.07 Å². The van der Waals surface area contributed by atoms with Gasteiger partial charge in [-0.2, -0.15) is 0 Å². The summed E-state index contributed by atoms with van der Waals surface area (Å²) in [5.74, 6) is 0.353. The van der Waals surface area contributed by atoms with Gasteiger partial charge in [0.2, 0.25) is 0 Å². The van der Waals surface area contributed by atoms with Gasteiger partial charge >= 0.3 is 0 Å². The number of nitrogens with zero attached hydrogens (tertiary/aromatic N) is 1. The van der Waals surface area contributed by atoms with Crippen LogP contribution in [0.2, 0.25) is 5.02 Å². The van der Waals surface area contributed by atoms with Crippen LogP contribution in [0.25, 0.3) is 0 Å². The van der Waals surface area contributed by atoms with Gasteiger partial charge in [-0.3, -0.25) is 4.90 Å². The number of hydrogen-bond donors (Lipinski definition) is 1. The zero-order valence-electron chi connectivity index (χ0n) is 13.2. The predicted molar refractivity (Wildman–Crippen MR) is 87.1 cm³/mol. The molecule has 1 aliphatic heterocycles. The minimum atomic E-state index is -0.199. The van der Waals surface area contributed by atoms with Gasteiger partial charge in [-0.15, -0.1) is 0 Å². The minimum Gasteiger partial charge on any atom is -0.311 e. The van der Waals surface area contributed by atoms with Gasteiger partial charge in [0, 0.05) is 42.3 Å². The van der Waals surface area contributed by atoms with E-state index < -0.39 is 0 Å². The first kappa shape index (κ1) is 16.7. The number of halogens is 2. The molecule has 0 aromatic heterocycles. The summed E-state index contributed by atoms with van der Waals surface area (Å²) >= 11 is 5.84. The molecule has 4 heteroatoms. The molecular formula is C17H26ClFN2. The highest BCUT2D eigenvalue weighted by atomic mass is 35.5. The molecule has 1 saturated heterocycles. The fourth-order valence-corrected chi connectivity index (χ4v) is 3.31. The second-order valence-electron chi connectivity index (χ2n) is 6.37. The van der Waals surface area contributed by atoms with Gasteiger partial charge in [0.25, 0.3) is 0 Å². The SMILES string of the molecule is CCCC1CN(Cc2ccc(Cl)cc2F)C(C(C)C)CN1. The quantitative estimate of drug-likeness (QED) is 0.881. The van der Waals surface area contributed by atoms with Crippen molar-refractivity contribution in [2.24, 2.45) is 5.92 Å². The zero-order chi connectivity index (χ0) is 15.4. The molecular weight excluding hydrogens is 287 g/mol. The molecule has 1 aromatic carbocycles. The van der Waals surface area contributed by atoms with Crippen LogP contribution >= 0.6 is 11.6 Å². The molecule has 1 aliphatic rings. The van der Waals surface area contributed by atoms with Crippen molar-refractivity contribution in [1.82, 2.24) is 10.2 Å². The summed E-state index contributed by atoms with van der Waals surface area (Å²) in [6.07, 6.45) is 2.34. The monoisotopic (exact) mass is 312 g/mol. The summed E-state index contributed by atoms with van der Waals surface area (Å²) in [6, 6.07) is 5.96. The second kappa shape index (κ2) is 7.57. The van der Waals surface area contributed by atoms with Crippen molar-refractivity contribution in [3.05, 3.63) is 34.6 Å². The number of piperazine rings is 1. The molecule has 118 valence electrons. The van der Waals surface area contributed by atoms with Crippen LogP contribution in [0.5, 0.6) is 0 Å². The summed E-state index contributed by atoms with van der Waals surface area (Å²) in [7, 11) is 0. The Bertz CT molecular complexity index is 464. The zero-order valence-corrected chi connectivity index (χ0v) is 14.0. The fraction of sp³-hybridized carbons (Fsp3) is 0.647. The maximum Gasteiger partial charge on any atom is 0.129 e. The fourth-order valence-electron chi connectivity index (χ4n) is 3.15. The van der Waals surface area contributed by atoms with Gasteiger partial charge in [-0.05, 0) is 24.5 Å². The highest BCUT2D eigenvalue weighted by molar-refractivity contribution is 6.30. The van der Waals surface area contributed by atoms with Gasteiger partial charge in [-0.1, -0.05) is 44.9 Å². The van der Waals surface area contributed by atoms with E-state index in [4.69, 9.17) is 11.6 Å². The maximum absolute atomic E-state index is 14.1. The highest BCUT2D eigenvalue weighted by Crippen LogP contribution is 2.22. The normalized spacial score (nSPS) is 23.7. The van der Waals surface area contributed by atoms with Crippen molar-refractivity contribution < 1.29 is 4.39 Å². The molecule has 0 amide bonds. The van der Waals surface area contributed by atoms with Crippen molar-refractivity contribution in [2.45, 2.75) is 52.2 Å². The predicted octanol–water partition coefficient (Wildman–Crippen LogP) is 4.08. The summed E-state index contributed by atoms with van der Waals surface area (Å²) < 4.78 is 14.1. The van der Waals surface area contributed by atoms with Crippen LogP contribution in [-0.4, -0.2) is 30.1 Å². The van der Waals surface area contributed by atoms with Crippen LogP contribution in [0, 0.1) is 11.7 Å². The molecule has 2 atom stereocenters. The third-order valence-corrected chi connectivity index (χ3v) is 4.57. The molecule has 0 saturated carbocycles. The highest BCUT2D eigenvalue weighted by Gasteiger charge is 2.29. The average Bonchev–Trinajstić information content (AvgIpc) is 2.42. The first-order chi connectivity index (χ1) is 10.0. The molecule has 2 unspecified atom stereocenters. The Morgan fingerprint density at radius 1 is 1.43 bits per heavy atom. The lowest BCUT2D eigenvalue weighted by molar-refractivity contribution is 0.0874. The number of nitrogens with one attached hydrogen (secondary N) is 1. The van der Waals surface area contributed by atoms with E-state index in [2.05, 4.69) is 31.0 Å². The lowest BCUT2D eigenvalue weighted by Gasteiger charge is -2.42. The lowest BCUT2D eigenvalue weighted by Crippen LogP contribution is -2.57. The van der Waals surface area contributed by atoms with Crippen molar-refractivity contribution in [1.29, 1.82) is 0 Å². The van der Waals surface area contributed by atoms with Crippen molar-refractivity contribution in [2.75, 3.05) is 13.1 Å². The van der Waals surface area contributed by atoms with E-state index >= 15 is 0 Å². The van der Waals surface area contributed by atoms with Crippen LogP contribution in [0.4, 0.5) is 4.39 Å². The Hall–Kier alpha value is -0.640. The lowest BCUT2D eigenvalue weighted by atomic mass is 9.96. The first-order valence-electron chi connectivity index (χ1n) is 7.92. The summed E-state index contributed by atoms with van der Waals surface area (Å²) in [4.78, 5) is 2.42. The van der Waals surface area contributed by atoms with Crippen LogP contribution in [0.1, 0.15) is 39.2 Å². The smallest absolute Gasteiger partial charge is 0.129 e. The van der Waals surface area contributed by atoms with Crippen molar-refractivity contribution in [3.8, 4) is 0 Å². The summed E-state index contributed by atoms with van der Waals surface area (Å²) in [6.45, 7) is 9.30. The molecule has 1 N–H and O–H groups in total. The Kier molecular flexibility index (Phi) is 6.03. The molecule has 0 aliphatic carbocycles. The Morgan fingerprint density at radius 3 is 2.81 bits per heavy atom. The number of hydrogen-bond acceptors (Lipinski definition) is 2. The molecule has 2 rings (SSSR count). The number of rotatable bonds is 5. The van der Waals surface area contributed by atoms with Gasteiger partial charge in [-0.25, -0.2) is 4.39 Å². The van der Waals surface area contributed by atoms with Crippen LogP contribution in [0.3, 0.4) is 0 Å². The Labute approximate surface area is 132 Å². The molecule has 2 nitrogen and oxygen atoms in total. The summed E-state index contributed by atoms with van der Waals surface area (Å²) in [5.41, 5.74) is 0.738. The standard InChI is InChI=1S/C17H26ClFN2/c1-4-5-15-11-21(17(9-20-15)12(2)3)10-13-6-7-14(18)8-16(13)19/h6-8,12,15,17,20H,4-5,9-11H2,1-3H3. The molecule has 1 heterocycles. The van der Waals surface area contributed by atoms with E-state index in [0.717, 1.165) is 18.7 Å². The van der Waals surface area contributed by atoms with E-state index in [-0.39, 0.29) is 5.82 Å². The number of benzene rings is 1. The third kappa shape index (κ3) is 4.41. The first-order valence-corrected chi connectivity index (χ1v) is 8.30. The summed E-state index contributed by atoms with van der Waals surface area (Å²) in [5, 5.41) is 4.09. The Balaban J connectivity index is 2.11. The van der Waals surface area contributed by atoms with Gasteiger partial charge in [0.15, 0.2) is 0 Å². The topological polar surface area (TPSA) is 15.3 Å². The minimum absolute atomic E-state index is 0.199. The van der Waals surface area contributed by atoms with E-state index in [1.807, 2.05) is 6.07 Å². The Morgan fingerprint density at radius 2 is 2.19 bits per heavy atom. The third-order valence-electron chi connectivity index (χ3n) is 4.33. The second-order valence-corrected chi connectivity index (χ2v) is 6.81. The van der Waals surface area contributed by atoms with Crippen LogP contribution in [0.15, 0.2) is 18.2 Å². The van der Waals surface area contributed by atoms with E-state index in [9.17, 15) is 4.39 Å². The van der Waals surface area contributed by atoms with E-state index in [1.165, 1.54) is 18.9 Å². The van der Waals surface area contributed by atoms with Crippen molar-refractivity contribution >= 4 is 11.6 Å². The van der Waals surface area contributed by atoms with Crippen molar-refractivity contribution in [3.63, 3.8) is 0 Å². The van der Waals surface area contributed by atoms with Gasteiger partial charge in [0.1, 0.15) is 5.82 Å². The molecule has 0 bridgehead atoms. The van der Waals surface area contributed by atoms with Gasteiger partial charge < -0.3 is 5.32 Å². The molecule has 1 aromatic rings. The molecule has 21 heavy (non-hydrogen) atoms. The molecule has 0 spiro atoms. The largest absolute Gasteiger partial charge is 0.311 e.